The van der Waals surface area contributed by atoms with Gasteiger partial charge in [0.25, 0.3) is 5.91 Å². The summed E-state index contributed by atoms with van der Waals surface area (Å²) in [5.74, 6) is 1.54. The second-order valence-electron chi connectivity index (χ2n) is 5.12. The summed E-state index contributed by atoms with van der Waals surface area (Å²) in [7, 11) is 0. The van der Waals surface area contributed by atoms with E-state index in [-0.39, 0.29) is 5.91 Å². The first-order chi connectivity index (χ1) is 9.24. The Morgan fingerprint density at radius 2 is 2.53 bits per heavy atom. The lowest BCUT2D eigenvalue weighted by molar-refractivity contribution is 0.0949. The van der Waals surface area contributed by atoms with Crippen LogP contribution in [-0.2, 0) is 19.4 Å². The number of carbonyl (C=O) groups excluding carboxylic acids is 1. The number of carbonyl (C=O) groups is 1. The van der Waals surface area contributed by atoms with Gasteiger partial charge in [-0.2, -0.15) is 0 Å². The van der Waals surface area contributed by atoms with Gasteiger partial charge < -0.3 is 10.3 Å². The molecule has 2 heterocycles. The summed E-state index contributed by atoms with van der Waals surface area (Å²) in [6.07, 6.45) is 6.78. The lowest BCUT2D eigenvalue weighted by Gasteiger charge is -2.18. The number of hydrogen-bond donors (Lipinski definition) is 2. The third kappa shape index (κ3) is 2.56. The maximum absolute atomic E-state index is 12.2. The van der Waals surface area contributed by atoms with Gasteiger partial charge in [0, 0.05) is 22.7 Å². The smallest absolute Gasteiger partial charge is 0.252 e. The van der Waals surface area contributed by atoms with Crippen LogP contribution in [0.25, 0.3) is 0 Å². The van der Waals surface area contributed by atoms with Gasteiger partial charge in [0.05, 0.1) is 12.1 Å². The molecule has 0 fully saturated rings. The van der Waals surface area contributed by atoms with E-state index >= 15 is 0 Å². The Kier molecular flexibility index (Phi) is 3.38. The third-order valence-corrected chi connectivity index (χ3v) is 4.67. The minimum absolute atomic E-state index is 0.0171. The molecule has 1 aliphatic rings. The van der Waals surface area contributed by atoms with Gasteiger partial charge >= 0.3 is 0 Å². The number of fused-ring (bicyclic) bond motifs is 1. The molecular formula is C14H17N3OS. The molecule has 0 bridgehead atoms. The van der Waals surface area contributed by atoms with E-state index in [0.29, 0.717) is 6.54 Å². The number of aromatic nitrogens is 2. The van der Waals surface area contributed by atoms with Crippen LogP contribution in [0.2, 0.25) is 0 Å². The number of aromatic amines is 1. The Balaban J connectivity index is 1.70. The number of amides is 1. The monoisotopic (exact) mass is 275 g/mol. The quantitative estimate of drug-likeness (QED) is 0.904. The fourth-order valence-electron chi connectivity index (χ4n) is 2.52. The molecule has 2 aromatic heterocycles. The molecular weight excluding hydrogens is 258 g/mol. The zero-order valence-corrected chi connectivity index (χ0v) is 11.7. The highest BCUT2D eigenvalue weighted by Gasteiger charge is 2.22. The lowest BCUT2D eigenvalue weighted by atomic mass is 9.88. The van der Waals surface area contributed by atoms with Gasteiger partial charge in [0.15, 0.2) is 0 Å². The summed E-state index contributed by atoms with van der Waals surface area (Å²) in [5, 5.41) is 4.92. The average Bonchev–Trinajstić information content (AvgIpc) is 3.04. The van der Waals surface area contributed by atoms with Crippen LogP contribution in [0.3, 0.4) is 0 Å². The Hall–Kier alpha value is -1.62. The number of rotatable bonds is 3. The molecule has 1 unspecified atom stereocenters. The van der Waals surface area contributed by atoms with Crippen molar-refractivity contribution >= 4 is 17.2 Å². The van der Waals surface area contributed by atoms with Gasteiger partial charge in [-0.25, -0.2) is 4.98 Å². The van der Waals surface area contributed by atoms with Gasteiger partial charge in [-0.3, -0.25) is 4.79 Å². The molecule has 1 amide bonds. The Bertz CT molecular complexity index is 574. The molecule has 1 atom stereocenters. The predicted octanol–water partition coefficient (Wildman–Crippen LogP) is 2.53. The van der Waals surface area contributed by atoms with E-state index < -0.39 is 0 Å². The fourth-order valence-corrected chi connectivity index (χ4v) is 3.77. The highest BCUT2D eigenvalue weighted by atomic mass is 32.1. The molecule has 3 rings (SSSR count). The molecule has 1 aliphatic carbocycles. The maximum Gasteiger partial charge on any atom is 0.252 e. The van der Waals surface area contributed by atoms with Crippen LogP contribution in [0.1, 0.15) is 40.0 Å². The summed E-state index contributed by atoms with van der Waals surface area (Å²) in [5.41, 5.74) is 2.12. The summed E-state index contributed by atoms with van der Waals surface area (Å²) < 4.78 is 0. The number of nitrogens with one attached hydrogen (secondary N) is 2. The number of imidazole rings is 1. The van der Waals surface area contributed by atoms with Crippen molar-refractivity contribution in [3.05, 3.63) is 39.6 Å². The van der Waals surface area contributed by atoms with Gasteiger partial charge in [-0.05, 0) is 30.7 Å². The van der Waals surface area contributed by atoms with Crippen molar-refractivity contribution in [3.63, 3.8) is 0 Å². The van der Waals surface area contributed by atoms with Gasteiger partial charge in [0.1, 0.15) is 5.82 Å². The lowest BCUT2D eigenvalue weighted by Crippen LogP contribution is -2.24. The second kappa shape index (κ2) is 5.17. The summed E-state index contributed by atoms with van der Waals surface area (Å²) in [6, 6.07) is 0. The Morgan fingerprint density at radius 3 is 3.32 bits per heavy atom. The van der Waals surface area contributed by atoms with Crippen LogP contribution in [0.4, 0.5) is 0 Å². The Morgan fingerprint density at radius 1 is 1.63 bits per heavy atom. The maximum atomic E-state index is 12.2. The van der Waals surface area contributed by atoms with Crippen LogP contribution < -0.4 is 5.32 Å². The van der Waals surface area contributed by atoms with Crippen LogP contribution in [0.5, 0.6) is 0 Å². The van der Waals surface area contributed by atoms with E-state index in [9.17, 15) is 4.79 Å². The van der Waals surface area contributed by atoms with Gasteiger partial charge in [0.2, 0.25) is 0 Å². The van der Waals surface area contributed by atoms with Crippen molar-refractivity contribution in [3.8, 4) is 0 Å². The van der Waals surface area contributed by atoms with E-state index in [1.807, 2.05) is 5.38 Å². The van der Waals surface area contributed by atoms with Crippen molar-refractivity contribution in [2.45, 2.75) is 32.7 Å². The molecule has 0 saturated carbocycles. The molecule has 0 saturated heterocycles. The molecule has 0 radical (unpaired) electrons. The summed E-state index contributed by atoms with van der Waals surface area (Å²) in [6.45, 7) is 2.73. The molecule has 19 heavy (non-hydrogen) atoms. The molecule has 0 spiro atoms. The second-order valence-corrected chi connectivity index (χ2v) is 6.08. The third-order valence-electron chi connectivity index (χ3n) is 3.62. The number of thiophene rings is 1. The van der Waals surface area contributed by atoms with Crippen LogP contribution in [0, 0.1) is 5.92 Å². The van der Waals surface area contributed by atoms with E-state index in [0.717, 1.165) is 30.1 Å². The minimum Gasteiger partial charge on any atom is -0.347 e. The predicted molar refractivity (Wildman–Crippen MR) is 75.3 cm³/mol. The average molecular weight is 275 g/mol. The zero-order chi connectivity index (χ0) is 13.2. The standard InChI is InChI=1S/C14H17N3OS/c1-9-2-3-10-11(8-19-12(10)6-9)14(18)17-7-13-15-4-5-16-13/h4-5,8-9H,2-3,6-7H2,1H3,(H,15,16)(H,17,18). The van der Waals surface area contributed by atoms with E-state index in [4.69, 9.17) is 0 Å². The van der Waals surface area contributed by atoms with Crippen LogP contribution >= 0.6 is 11.3 Å². The largest absolute Gasteiger partial charge is 0.347 e. The minimum atomic E-state index is 0.0171. The van der Waals surface area contributed by atoms with Crippen molar-refractivity contribution in [2.24, 2.45) is 5.92 Å². The van der Waals surface area contributed by atoms with Crippen molar-refractivity contribution in [1.29, 1.82) is 0 Å². The van der Waals surface area contributed by atoms with Crippen molar-refractivity contribution in [1.82, 2.24) is 15.3 Å². The fraction of sp³-hybridized carbons (Fsp3) is 0.429. The number of H-pyrrole nitrogens is 1. The first-order valence-electron chi connectivity index (χ1n) is 6.59. The molecule has 0 aliphatic heterocycles. The molecule has 5 heteroatoms. The molecule has 2 aromatic rings. The van der Waals surface area contributed by atoms with E-state index in [1.165, 1.54) is 16.9 Å². The first kappa shape index (κ1) is 12.4. The van der Waals surface area contributed by atoms with Crippen LogP contribution in [-0.4, -0.2) is 15.9 Å². The molecule has 100 valence electrons. The summed E-state index contributed by atoms with van der Waals surface area (Å²) in [4.78, 5) is 20.7. The van der Waals surface area contributed by atoms with Gasteiger partial charge in [-0.1, -0.05) is 6.92 Å². The molecule has 2 N–H and O–H groups in total. The number of nitrogens with zero attached hydrogens (tertiary/aromatic N) is 1. The highest BCUT2D eigenvalue weighted by Crippen LogP contribution is 2.32. The first-order valence-corrected chi connectivity index (χ1v) is 7.47. The summed E-state index contributed by atoms with van der Waals surface area (Å²) >= 11 is 1.72. The molecule has 0 aromatic carbocycles. The number of hydrogen-bond acceptors (Lipinski definition) is 3. The Labute approximate surface area is 116 Å². The topological polar surface area (TPSA) is 57.8 Å². The zero-order valence-electron chi connectivity index (χ0n) is 10.9. The molecule has 4 nitrogen and oxygen atoms in total. The van der Waals surface area contributed by atoms with E-state index in [2.05, 4.69) is 22.2 Å². The SMILES string of the molecule is CC1CCc2c(C(=O)NCc3ncc[nH]3)csc2C1. The van der Waals surface area contributed by atoms with E-state index in [1.54, 1.807) is 23.7 Å². The van der Waals surface area contributed by atoms with Crippen LogP contribution in [0.15, 0.2) is 17.8 Å². The van der Waals surface area contributed by atoms with Crippen molar-refractivity contribution in [2.75, 3.05) is 0 Å². The van der Waals surface area contributed by atoms with Crippen molar-refractivity contribution < 1.29 is 4.79 Å². The normalized spacial score (nSPS) is 18.1. The van der Waals surface area contributed by atoms with Gasteiger partial charge in [-0.15, -0.1) is 11.3 Å². The highest BCUT2D eigenvalue weighted by molar-refractivity contribution is 7.10.